The van der Waals surface area contributed by atoms with Gasteiger partial charge in [0, 0.05) is 49.8 Å². The highest BCUT2D eigenvalue weighted by Crippen LogP contribution is 2.34. The number of hydrogen-bond acceptors (Lipinski definition) is 5. The van der Waals surface area contributed by atoms with Gasteiger partial charge in [0.2, 0.25) is 0 Å². The van der Waals surface area contributed by atoms with Crippen LogP contribution in [0, 0.1) is 11.8 Å². The molecular formula is C23H21ClN4O4. The molecular weight excluding hydrogens is 432 g/mol. The van der Waals surface area contributed by atoms with Gasteiger partial charge in [0.15, 0.2) is 5.15 Å². The predicted octanol–water partition coefficient (Wildman–Crippen LogP) is 2.64. The summed E-state index contributed by atoms with van der Waals surface area (Å²) in [6.45, 7) is 2.07. The van der Waals surface area contributed by atoms with E-state index in [0.717, 1.165) is 0 Å². The number of H-pyrrole nitrogens is 1. The molecule has 3 aromatic rings. The fourth-order valence-corrected chi connectivity index (χ4v) is 4.96. The highest BCUT2D eigenvalue weighted by Gasteiger charge is 2.44. The third kappa shape index (κ3) is 3.31. The van der Waals surface area contributed by atoms with Gasteiger partial charge in [0.05, 0.1) is 29.8 Å². The number of pyridine rings is 1. The Bertz CT molecular complexity index is 1210. The highest BCUT2D eigenvalue weighted by molar-refractivity contribution is 6.45. The zero-order valence-corrected chi connectivity index (χ0v) is 18.1. The average Bonchev–Trinajstić information content (AvgIpc) is 3.52. The average molecular weight is 453 g/mol. The minimum atomic E-state index is -0.617. The Morgan fingerprint density at radius 3 is 2.38 bits per heavy atom. The maximum Gasteiger partial charge on any atom is 0.295 e. The summed E-state index contributed by atoms with van der Waals surface area (Å²) in [7, 11) is 1.47. The van der Waals surface area contributed by atoms with Crippen LogP contribution in [0.5, 0.6) is 5.75 Å². The minimum Gasteiger partial charge on any atom is -0.494 e. The first-order valence-electron chi connectivity index (χ1n) is 10.4. The van der Waals surface area contributed by atoms with Gasteiger partial charge in [-0.3, -0.25) is 14.4 Å². The molecule has 0 aliphatic carbocycles. The van der Waals surface area contributed by atoms with Crippen LogP contribution in [0.25, 0.3) is 10.9 Å². The molecule has 164 valence electrons. The first-order valence-corrected chi connectivity index (χ1v) is 10.7. The number of fused-ring (bicyclic) bond motifs is 2. The van der Waals surface area contributed by atoms with E-state index in [4.69, 9.17) is 16.3 Å². The summed E-state index contributed by atoms with van der Waals surface area (Å²) in [6.07, 6.45) is 2.90. The van der Waals surface area contributed by atoms with E-state index in [9.17, 15) is 14.4 Å². The topological polar surface area (TPSA) is 95.6 Å². The van der Waals surface area contributed by atoms with Gasteiger partial charge in [-0.05, 0) is 12.1 Å². The van der Waals surface area contributed by atoms with Crippen molar-refractivity contribution in [3.8, 4) is 5.75 Å². The molecule has 2 aliphatic rings. The van der Waals surface area contributed by atoms with Crippen molar-refractivity contribution in [1.82, 2.24) is 19.8 Å². The summed E-state index contributed by atoms with van der Waals surface area (Å²) in [5.74, 6) is -0.475. The van der Waals surface area contributed by atoms with Crippen LogP contribution in [-0.4, -0.2) is 70.7 Å². The normalized spacial score (nSPS) is 19.9. The number of amides is 2. The minimum absolute atomic E-state index is 0.00493. The zero-order chi connectivity index (χ0) is 22.4. The quantitative estimate of drug-likeness (QED) is 0.373. The van der Waals surface area contributed by atoms with Gasteiger partial charge in [0.1, 0.15) is 5.75 Å². The number of aromatic nitrogens is 2. The molecule has 4 heterocycles. The molecule has 1 aromatic carbocycles. The van der Waals surface area contributed by atoms with Gasteiger partial charge >= 0.3 is 0 Å². The number of likely N-dealkylation sites (tertiary alicyclic amines) is 2. The molecule has 2 amide bonds. The Morgan fingerprint density at radius 1 is 1.06 bits per heavy atom. The van der Waals surface area contributed by atoms with Gasteiger partial charge < -0.3 is 19.5 Å². The Labute approximate surface area is 189 Å². The van der Waals surface area contributed by atoms with Crippen molar-refractivity contribution in [1.29, 1.82) is 0 Å². The predicted molar refractivity (Wildman–Crippen MR) is 118 cm³/mol. The molecule has 1 N–H and O–H groups in total. The van der Waals surface area contributed by atoms with Crippen molar-refractivity contribution in [2.24, 2.45) is 11.8 Å². The lowest BCUT2D eigenvalue weighted by Gasteiger charge is -2.21. The molecule has 32 heavy (non-hydrogen) atoms. The second kappa shape index (κ2) is 7.94. The van der Waals surface area contributed by atoms with E-state index in [1.807, 2.05) is 35.2 Å². The fourth-order valence-electron chi connectivity index (χ4n) is 4.77. The second-order valence-corrected chi connectivity index (χ2v) is 8.56. The molecule has 2 aromatic heterocycles. The maximum atomic E-state index is 13.1. The Morgan fingerprint density at radius 2 is 1.72 bits per heavy atom. The van der Waals surface area contributed by atoms with Crippen LogP contribution in [0.3, 0.4) is 0 Å². The summed E-state index contributed by atoms with van der Waals surface area (Å²) in [4.78, 5) is 49.2. The number of methoxy groups -OCH3 is 1. The number of benzene rings is 1. The van der Waals surface area contributed by atoms with Crippen molar-refractivity contribution >= 4 is 40.1 Å². The second-order valence-electron chi connectivity index (χ2n) is 8.21. The van der Waals surface area contributed by atoms with E-state index in [1.165, 1.54) is 19.5 Å². The lowest BCUT2D eigenvalue weighted by molar-refractivity contribution is -0.125. The number of Topliss-reactive ketones (excluding diaryl/α,β-unsaturated/α-hetero) is 1. The molecule has 0 saturated carbocycles. The maximum absolute atomic E-state index is 13.1. The first kappa shape index (κ1) is 20.5. The Balaban J connectivity index is 1.30. The molecule has 9 heteroatoms. The molecule has 0 radical (unpaired) electrons. The number of aromatic amines is 1. The number of nitrogens with one attached hydrogen (secondary N) is 1. The Hall–Kier alpha value is -3.39. The van der Waals surface area contributed by atoms with E-state index in [1.54, 1.807) is 4.90 Å². The molecule has 0 spiro atoms. The van der Waals surface area contributed by atoms with Crippen LogP contribution in [-0.2, 0) is 4.79 Å². The SMILES string of the molecule is COc1cnc(Cl)c2[nH]cc(C(=O)C(=O)N3C[C@@H]4CN(C(=O)c5ccccc5)C[C@@H]4C3)c12. The van der Waals surface area contributed by atoms with Crippen LogP contribution in [0.2, 0.25) is 5.15 Å². The summed E-state index contributed by atoms with van der Waals surface area (Å²) in [6, 6.07) is 9.19. The molecule has 2 atom stereocenters. The molecule has 5 rings (SSSR count). The van der Waals surface area contributed by atoms with E-state index in [0.29, 0.717) is 48.4 Å². The van der Waals surface area contributed by atoms with Crippen molar-refractivity contribution in [3.05, 3.63) is 59.0 Å². The summed E-state index contributed by atoms with van der Waals surface area (Å²) in [5, 5.41) is 0.649. The molecule has 0 unspecified atom stereocenters. The van der Waals surface area contributed by atoms with Crippen LogP contribution in [0.15, 0.2) is 42.7 Å². The number of ether oxygens (including phenoxy) is 1. The standard InChI is InChI=1S/C23H21ClN4O4/c1-32-17-8-26-21(24)19-18(17)16(7-25-19)20(29)23(31)28-11-14-9-27(10-15(14)12-28)22(30)13-5-3-2-4-6-13/h2-8,14-15,25H,9-12H2,1H3/t14-,15+. The molecule has 0 bridgehead atoms. The number of carbonyl (C=O) groups is 3. The molecule has 2 aliphatic heterocycles. The number of hydrogen-bond donors (Lipinski definition) is 1. The number of carbonyl (C=O) groups excluding carboxylic acids is 3. The van der Waals surface area contributed by atoms with E-state index >= 15 is 0 Å². The smallest absolute Gasteiger partial charge is 0.295 e. The summed E-state index contributed by atoms with van der Waals surface area (Å²) in [5.41, 5.74) is 1.33. The largest absolute Gasteiger partial charge is 0.494 e. The van der Waals surface area contributed by atoms with Crippen LogP contribution >= 0.6 is 11.6 Å². The molecule has 2 saturated heterocycles. The molecule has 8 nitrogen and oxygen atoms in total. The summed E-state index contributed by atoms with van der Waals surface area (Å²) >= 11 is 6.12. The lowest BCUT2D eigenvalue weighted by Crippen LogP contribution is -2.38. The van der Waals surface area contributed by atoms with Gasteiger partial charge in [-0.1, -0.05) is 29.8 Å². The lowest BCUT2D eigenvalue weighted by atomic mass is 10.0. The number of ketones is 1. The van der Waals surface area contributed by atoms with Gasteiger partial charge in [-0.15, -0.1) is 0 Å². The number of halogens is 1. The van der Waals surface area contributed by atoms with Crippen LogP contribution < -0.4 is 4.74 Å². The van der Waals surface area contributed by atoms with E-state index in [2.05, 4.69) is 9.97 Å². The van der Waals surface area contributed by atoms with Gasteiger partial charge in [-0.2, -0.15) is 0 Å². The number of rotatable bonds is 4. The monoisotopic (exact) mass is 452 g/mol. The van der Waals surface area contributed by atoms with Crippen molar-refractivity contribution in [2.75, 3.05) is 33.3 Å². The number of nitrogens with zero attached hydrogens (tertiary/aromatic N) is 3. The third-order valence-corrected chi connectivity index (χ3v) is 6.65. The van der Waals surface area contributed by atoms with Crippen molar-refractivity contribution < 1.29 is 19.1 Å². The highest BCUT2D eigenvalue weighted by atomic mass is 35.5. The zero-order valence-electron chi connectivity index (χ0n) is 17.4. The van der Waals surface area contributed by atoms with E-state index < -0.39 is 11.7 Å². The molecule has 2 fully saturated rings. The van der Waals surface area contributed by atoms with Gasteiger partial charge in [0.25, 0.3) is 17.6 Å². The fraction of sp³-hybridized carbons (Fsp3) is 0.304. The van der Waals surface area contributed by atoms with Crippen LogP contribution in [0.4, 0.5) is 0 Å². The first-order chi connectivity index (χ1) is 15.5. The third-order valence-electron chi connectivity index (χ3n) is 6.37. The van der Waals surface area contributed by atoms with Crippen molar-refractivity contribution in [3.63, 3.8) is 0 Å². The Kier molecular flexibility index (Phi) is 5.09. The van der Waals surface area contributed by atoms with E-state index in [-0.39, 0.29) is 28.5 Å². The van der Waals surface area contributed by atoms with Crippen LogP contribution in [0.1, 0.15) is 20.7 Å². The van der Waals surface area contributed by atoms with Gasteiger partial charge in [-0.25, -0.2) is 4.98 Å². The van der Waals surface area contributed by atoms with Crippen molar-refractivity contribution in [2.45, 2.75) is 0 Å². The summed E-state index contributed by atoms with van der Waals surface area (Å²) < 4.78 is 5.31.